The van der Waals surface area contributed by atoms with Gasteiger partial charge in [0.15, 0.2) is 7.28 Å². The molecule has 0 N–H and O–H groups in total. The second-order valence-corrected chi connectivity index (χ2v) is 9.13. The zero-order valence-corrected chi connectivity index (χ0v) is 18.2. The molecule has 133 valence electrons. The Morgan fingerprint density at radius 2 is 1.58 bits per heavy atom. The second kappa shape index (κ2) is 8.60. The maximum absolute atomic E-state index is 2.65. The minimum absolute atomic E-state index is 0.00869. The summed E-state index contributed by atoms with van der Waals surface area (Å²) < 4.78 is -0.00869. The summed E-state index contributed by atoms with van der Waals surface area (Å²) in [5, 5.41) is 2.82. The van der Waals surface area contributed by atoms with Gasteiger partial charge >= 0.3 is 0 Å². The van der Waals surface area contributed by atoms with Crippen molar-refractivity contribution in [3.05, 3.63) is 77.9 Å². The van der Waals surface area contributed by atoms with E-state index in [1.54, 1.807) is 0 Å². The van der Waals surface area contributed by atoms with E-state index >= 15 is 0 Å². The van der Waals surface area contributed by atoms with Crippen LogP contribution in [0, 0.1) is 0 Å². The van der Waals surface area contributed by atoms with Crippen LogP contribution in [-0.2, 0) is 3.32 Å². The van der Waals surface area contributed by atoms with E-state index in [1.807, 2.05) is 0 Å². The van der Waals surface area contributed by atoms with Crippen molar-refractivity contribution in [3.8, 4) is 0 Å². The van der Waals surface area contributed by atoms with Crippen molar-refractivity contribution in [2.75, 3.05) is 0 Å². The Labute approximate surface area is 172 Å². The molecule has 0 fully saturated rings. The van der Waals surface area contributed by atoms with Crippen LogP contribution in [0.1, 0.15) is 57.1 Å². The molecule has 0 aliphatic heterocycles. The SMILES string of the molecule is CCCC(C)c1cccc2c(C(I)([B]c3ccccc3)CC)cccc12. The van der Waals surface area contributed by atoms with Crippen molar-refractivity contribution in [3.63, 3.8) is 0 Å². The van der Waals surface area contributed by atoms with Crippen LogP contribution in [0.4, 0.5) is 0 Å². The van der Waals surface area contributed by atoms with E-state index in [2.05, 4.69) is 117 Å². The largest absolute Gasteiger partial charge is 0.178 e. The Balaban J connectivity index is 2.10. The molecule has 0 saturated heterocycles. The van der Waals surface area contributed by atoms with Gasteiger partial charge in [0.25, 0.3) is 0 Å². The second-order valence-electron chi connectivity index (χ2n) is 7.21. The lowest BCUT2D eigenvalue weighted by Crippen LogP contribution is -2.34. The lowest BCUT2D eigenvalue weighted by Gasteiger charge is -2.29. The summed E-state index contributed by atoms with van der Waals surface area (Å²) >= 11 is 2.65. The first-order valence-corrected chi connectivity index (χ1v) is 10.8. The van der Waals surface area contributed by atoms with Crippen LogP contribution in [-0.4, -0.2) is 7.28 Å². The van der Waals surface area contributed by atoms with Crippen LogP contribution >= 0.6 is 22.6 Å². The van der Waals surface area contributed by atoms with Crippen molar-refractivity contribution < 1.29 is 0 Å². The smallest absolute Gasteiger partial charge is 0.0856 e. The van der Waals surface area contributed by atoms with Gasteiger partial charge in [0.1, 0.15) is 0 Å². The van der Waals surface area contributed by atoms with Crippen molar-refractivity contribution in [2.24, 2.45) is 0 Å². The molecule has 0 nitrogen and oxygen atoms in total. The molecule has 2 unspecified atom stereocenters. The number of benzene rings is 3. The summed E-state index contributed by atoms with van der Waals surface area (Å²) in [6.07, 6.45) is 3.53. The Bertz CT molecular complexity index is 858. The molecule has 0 aliphatic carbocycles. The van der Waals surface area contributed by atoms with Crippen molar-refractivity contribution in [1.29, 1.82) is 0 Å². The van der Waals surface area contributed by atoms with Crippen molar-refractivity contribution >= 4 is 46.1 Å². The van der Waals surface area contributed by atoms with Crippen LogP contribution in [0.2, 0.25) is 0 Å². The highest BCUT2D eigenvalue weighted by Crippen LogP contribution is 2.40. The topological polar surface area (TPSA) is 0 Å². The highest BCUT2D eigenvalue weighted by atomic mass is 127. The van der Waals surface area contributed by atoms with E-state index < -0.39 is 0 Å². The molecule has 0 spiro atoms. The molecule has 0 heterocycles. The monoisotopic (exact) mass is 453 g/mol. The lowest BCUT2D eigenvalue weighted by molar-refractivity contribution is 0.669. The fraction of sp³-hybridized carbons (Fsp3) is 0.333. The van der Waals surface area contributed by atoms with Crippen LogP contribution < -0.4 is 5.46 Å². The van der Waals surface area contributed by atoms with Gasteiger partial charge in [-0.2, -0.15) is 0 Å². The van der Waals surface area contributed by atoms with Crippen LogP contribution in [0.3, 0.4) is 0 Å². The molecule has 0 aliphatic rings. The molecule has 0 aromatic heterocycles. The molecule has 0 bridgehead atoms. The van der Waals surface area contributed by atoms with Crippen LogP contribution in [0.15, 0.2) is 66.7 Å². The number of halogens is 1. The highest BCUT2D eigenvalue weighted by Gasteiger charge is 2.30. The summed E-state index contributed by atoms with van der Waals surface area (Å²) in [7, 11) is 2.42. The van der Waals surface area contributed by atoms with Gasteiger partial charge in [-0.15, -0.1) is 0 Å². The first kappa shape index (κ1) is 19.5. The summed E-state index contributed by atoms with van der Waals surface area (Å²) in [6.45, 7) is 6.92. The lowest BCUT2D eigenvalue weighted by atomic mass is 9.55. The number of fused-ring (bicyclic) bond motifs is 1. The van der Waals surface area contributed by atoms with Crippen molar-refractivity contribution in [1.82, 2.24) is 0 Å². The predicted octanol–water partition coefficient (Wildman–Crippen LogP) is 6.77. The molecule has 3 aromatic rings. The molecule has 2 heteroatoms. The van der Waals surface area contributed by atoms with Gasteiger partial charge < -0.3 is 0 Å². The molecule has 1 radical (unpaired) electrons. The predicted molar refractivity (Wildman–Crippen MR) is 125 cm³/mol. The summed E-state index contributed by atoms with van der Waals surface area (Å²) in [4.78, 5) is 0. The zero-order chi connectivity index (χ0) is 18.6. The van der Waals surface area contributed by atoms with E-state index in [0.29, 0.717) is 5.92 Å². The Morgan fingerprint density at radius 1 is 0.885 bits per heavy atom. The van der Waals surface area contributed by atoms with Gasteiger partial charge in [0.2, 0.25) is 0 Å². The number of hydrogen-bond acceptors (Lipinski definition) is 0. The molecule has 0 saturated carbocycles. The summed E-state index contributed by atoms with van der Waals surface area (Å²) in [5.41, 5.74) is 4.20. The van der Waals surface area contributed by atoms with Gasteiger partial charge in [-0.1, -0.05) is 122 Å². The Hall–Kier alpha value is -1.29. The van der Waals surface area contributed by atoms with E-state index in [-0.39, 0.29) is 3.32 Å². The molecular formula is C24H27BI. The third-order valence-corrected chi connectivity index (χ3v) is 7.02. The van der Waals surface area contributed by atoms with Crippen molar-refractivity contribution in [2.45, 2.75) is 49.3 Å². The molecule has 0 amide bonds. The van der Waals surface area contributed by atoms with Gasteiger partial charge in [0.05, 0.1) is 0 Å². The number of rotatable bonds is 7. The van der Waals surface area contributed by atoms with E-state index in [4.69, 9.17) is 0 Å². The van der Waals surface area contributed by atoms with E-state index in [1.165, 1.54) is 40.2 Å². The molecule has 3 aromatic carbocycles. The quantitative estimate of drug-likeness (QED) is 0.211. The first-order valence-electron chi connectivity index (χ1n) is 9.71. The molecule has 3 rings (SSSR count). The van der Waals surface area contributed by atoms with E-state index in [9.17, 15) is 0 Å². The van der Waals surface area contributed by atoms with Gasteiger partial charge in [-0.25, -0.2) is 0 Å². The Morgan fingerprint density at radius 3 is 2.27 bits per heavy atom. The standard InChI is InChI=1S/C24H27BI/c1-4-11-18(3)20-14-9-16-22-21(20)15-10-17-23(22)24(26,5-2)25-19-12-7-6-8-13-19/h6-10,12-18H,4-5,11H2,1-3H3. The zero-order valence-electron chi connectivity index (χ0n) is 16.0. The maximum Gasteiger partial charge on any atom is 0.178 e. The molecule has 2 atom stereocenters. The van der Waals surface area contributed by atoms with Crippen LogP contribution in [0.25, 0.3) is 10.8 Å². The third-order valence-electron chi connectivity index (χ3n) is 5.37. The summed E-state index contributed by atoms with van der Waals surface area (Å²) in [5.74, 6) is 0.599. The van der Waals surface area contributed by atoms with E-state index in [0.717, 1.165) is 6.42 Å². The fourth-order valence-corrected chi connectivity index (χ4v) is 4.73. The number of alkyl halides is 1. The average molecular weight is 453 g/mol. The van der Waals surface area contributed by atoms with Crippen LogP contribution in [0.5, 0.6) is 0 Å². The molecular weight excluding hydrogens is 426 g/mol. The third kappa shape index (κ3) is 4.00. The normalized spacial score (nSPS) is 14.8. The van der Waals surface area contributed by atoms with Gasteiger partial charge in [-0.3, -0.25) is 0 Å². The fourth-order valence-electron chi connectivity index (χ4n) is 3.90. The number of hydrogen-bond donors (Lipinski definition) is 0. The van der Waals surface area contributed by atoms with Gasteiger partial charge in [0, 0.05) is 3.32 Å². The van der Waals surface area contributed by atoms with Gasteiger partial charge in [-0.05, 0) is 40.7 Å². The minimum atomic E-state index is -0.00869. The minimum Gasteiger partial charge on any atom is -0.0856 e. The first-order chi connectivity index (χ1) is 12.6. The summed E-state index contributed by atoms with van der Waals surface area (Å²) in [6, 6.07) is 24.4. The highest BCUT2D eigenvalue weighted by molar-refractivity contribution is 14.1. The maximum atomic E-state index is 2.65. The average Bonchev–Trinajstić information content (AvgIpc) is 2.68. The Kier molecular flexibility index (Phi) is 6.44. The molecule has 26 heavy (non-hydrogen) atoms.